The van der Waals surface area contributed by atoms with Crippen LogP contribution in [0.25, 0.3) is 11.3 Å². The van der Waals surface area contributed by atoms with Gasteiger partial charge in [-0.1, -0.05) is 0 Å². The summed E-state index contributed by atoms with van der Waals surface area (Å²) in [5.74, 6) is 1.42. The molecule has 0 bridgehead atoms. The first kappa shape index (κ1) is 13.0. The third-order valence-corrected chi connectivity index (χ3v) is 3.72. The van der Waals surface area contributed by atoms with Crippen molar-refractivity contribution in [3.63, 3.8) is 0 Å². The van der Waals surface area contributed by atoms with Gasteiger partial charge >= 0.3 is 0 Å². The monoisotopic (exact) mass is 309 g/mol. The summed E-state index contributed by atoms with van der Waals surface area (Å²) >= 11 is 3.52. The molecule has 0 atom stereocenters. The van der Waals surface area contributed by atoms with Crippen LogP contribution in [-0.2, 0) is 7.05 Å². The number of nitrogens with zero attached hydrogens (tertiary/aromatic N) is 2. The predicted molar refractivity (Wildman–Crippen MR) is 76.8 cm³/mol. The Hall–Kier alpha value is -1.49. The average Bonchev–Trinajstić information content (AvgIpc) is 2.63. The van der Waals surface area contributed by atoms with Crippen LogP contribution in [0.3, 0.4) is 0 Å². The number of benzene rings is 1. The van der Waals surface area contributed by atoms with E-state index in [1.807, 2.05) is 19.2 Å². The fraction of sp³-hybridized carbons (Fsp3) is 0.308. The molecule has 1 aromatic carbocycles. The van der Waals surface area contributed by atoms with Gasteiger partial charge in [0, 0.05) is 18.7 Å². The Kier molecular flexibility index (Phi) is 3.34. The van der Waals surface area contributed by atoms with Crippen molar-refractivity contribution in [3.8, 4) is 17.0 Å². The van der Waals surface area contributed by atoms with Crippen molar-refractivity contribution in [3.05, 3.63) is 27.7 Å². The molecule has 2 rings (SSSR count). The van der Waals surface area contributed by atoms with Gasteiger partial charge in [0.1, 0.15) is 11.6 Å². The SMILES string of the molecule is COc1c(Br)cc(C)c(C)c1-c1cc(N)n(C)n1. The van der Waals surface area contributed by atoms with E-state index in [1.54, 1.807) is 11.8 Å². The Bertz CT molecular complexity index is 585. The van der Waals surface area contributed by atoms with Gasteiger partial charge in [0.15, 0.2) is 0 Å². The largest absolute Gasteiger partial charge is 0.495 e. The highest BCUT2D eigenvalue weighted by atomic mass is 79.9. The molecule has 0 spiro atoms. The molecule has 0 radical (unpaired) electrons. The van der Waals surface area contributed by atoms with Crippen LogP contribution in [0.2, 0.25) is 0 Å². The second-order valence-electron chi connectivity index (χ2n) is 4.29. The second-order valence-corrected chi connectivity index (χ2v) is 5.14. The molecule has 0 aliphatic heterocycles. The molecule has 0 saturated carbocycles. The summed E-state index contributed by atoms with van der Waals surface area (Å²) in [7, 11) is 3.48. The van der Waals surface area contributed by atoms with Crippen LogP contribution < -0.4 is 10.5 Å². The lowest BCUT2D eigenvalue weighted by Gasteiger charge is -2.14. The van der Waals surface area contributed by atoms with Gasteiger partial charge < -0.3 is 10.5 Å². The Morgan fingerprint density at radius 1 is 1.33 bits per heavy atom. The standard InChI is InChI=1S/C13H16BrN3O/c1-7-5-9(14)13(18-4)12(8(7)2)10-6-11(15)17(3)16-10/h5-6H,15H2,1-4H3. The number of halogens is 1. The van der Waals surface area contributed by atoms with Gasteiger partial charge in [-0.25, -0.2) is 0 Å². The van der Waals surface area contributed by atoms with Crippen LogP contribution in [-0.4, -0.2) is 16.9 Å². The summed E-state index contributed by atoms with van der Waals surface area (Å²) in [6.45, 7) is 4.12. The molecule has 18 heavy (non-hydrogen) atoms. The smallest absolute Gasteiger partial charge is 0.142 e. The maximum Gasteiger partial charge on any atom is 0.142 e. The number of ether oxygens (including phenoxy) is 1. The lowest BCUT2D eigenvalue weighted by molar-refractivity contribution is 0.413. The third kappa shape index (κ3) is 1.99. The molecule has 2 aromatic rings. The minimum absolute atomic E-state index is 0.629. The van der Waals surface area contributed by atoms with Gasteiger partial charge in [-0.2, -0.15) is 5.10 Å². The summed E-state index contributed by atoms with van der Waals surface area (Å²) in [5, 5.41) is 4.42. The van der Waals surface area contributed by atoms with Crippen LogP contribution in [0.4, 0.5) is 5.82 Å². The van der Waals surface area contributed by atoms with E-state index in [2.05, 4.69) is 34.9 Å². The Morgan fingerprint density at radius 2 is 2.00 bits per heavy atom. The zero-order chi connectivity index (χ0) is 13.4. The molecular formula is C13H16BrN3O. The van der Waals surface area contributed by atoms with E-state index in [0.29, 0.717) is 5.82 Å². The lowest BCUT2D eigenvalue weighted by atomic mass is 10.00. The molecule has 1 aromatic heterocycles. The van der Waals surface area contributed by atoms with Gasteiger partial charge in [-0.05, 0) is 47.0 Å². The Morgan fingerprint density at radius 3 is 2.50 bits per heavy atom. The fourth-order valence-corrected chi connectivity index (χ4v) is 2.67. The van der Waals surface area contributed by atoms with Gasteiger partial charge in [-0.15, -0.1) is 0 Å². The van der Waals surface area contributed by atoms with Crippen molar-refractivity contribution >= 4 is 21.7 Å². The molecule has 0 saturated heterocycles. The topological polar surface area (TPSA) is 53.1 Å². The van der Waals surface area contributed by atoms with Crippen molar-refractivity contribution < 1.29 is 4.74 Å². The van der Waals surface area contributed by atoms with E-state index in [1.165, 1.54) is 5.56 Å². The normalized spacial score (nSPS) is 10.7. The molecule has 0 aliphatic rings. The quantitative estimate of drug-likeness (QED) is 0.927. The first-order valence-electron chi connectivity index (χ1n) is 5.59. The van der Waals surface area contributed by atoms with Crippen molar-refractivity contribution in [1.29, 1.82) is 0 Å². The number of anilines is 1. The molecule has 1 heterocycles. The molecule has 4 nitrogen and oxygen atoms in total. The first-order valence-corrected chi connectivity index (χ1v) is 6.38. The average molecular weight is 310 g/mol. The number of hydrogen-bond acceptors (Lipinski definition) is 3. The molecule has 5 heteroatoms. The van der Waals surface area contributed by atoms with Crippen LogP contribution in [0.5, 0.6) is 5.75 Å². The lowest BCUT2D eigenvalue weighted by Crippen LogP contribution is -1.98. The fourth-order valence-electron chi connectivity index (χ4n) is 1.96. The highest BCUT2D eigenvalue weighted by Crippen LogP contribution is 2.40. The summed E-state index contributed by atoms with van der Waals surface area (Å²) < 4.78 is 8.06. The Balaban J connectivity index is 2.76. The van der Waals surface area contributed by atoms with Gasteiger partial charge in [0.05, 0.1) is 17.3 Å². The number of nitrogens with two attached hydrogens (primary N) is 1. The van der Waals surface area contributed by atoms with Gasteiger partial charge in [-0.3, -0.25) is 4.68 Å². The number of methoxy groups -OCH3 is 1. The minimum atomic E-state index is 0.629. The number of aromatic nitrogens is 2. The molecule has 0 unspecified atom stereocenters. The van der Waals surface area contributed by atoms with Gasteiger partial charge in [0.25, 0.3) is 0 Å². The van der Waals surface area contributed by atoms with E-state index >= 15 is 0 Å². The van der Waals surface area contributed by atoms with Crippen LogP contribution in [0.1, 0.15) is 11.1 Å². The second kappa shape index (κ2) is 4.65. The molecular weight excluding hydrogens is 294 g/mol. The zero-order valence-corrected chi connectivity index (χ0v) is 12.5. The predicted octanol–water partition coefficient (Wildman–Crippen LogP) is 3.06. The molecule has 2 N–H and O–H groups in total. The maximum atomic E-state index is 5.84. The number of hydrogen-bond donors (Lipinski definition) is 1. The van der Waals surface area contributed by atoms with E-state index < -0.39 is 0 Å². The van der Waals surface area contributed by atoms with Crippen molar-refractivity contribution in [1.82, 2.24) is 9.78 Å². The van der Waals surface area contributed by atoms with Crippen molar-refractivity contribution in [2.24, 2.45) is 7.05 Å². The van der Waals surface area contributed by atoms with Gasteiger partial charge in [0.2, 0.25) is 0 Å². The number of nitrogen functional groups attached to an aromatic ring is 1. The minimum Gasteiger partial charge on any atom is -0.495 e. The number of aryl methyl sites for hydroxylation is 2. The number of rotatable bonds is 2. The van der Waals surface area contributed by atoms with Crippen molar-refractivity contribution in [2.45, 2.75) is 13.8 Å². The van der Waals surface area contributed by atoms with E-state index in [0.717, 1.165) is 27.0 Å². The van der Waals surface area contributed by atoms with E-state index in [4.69, 9.17) is 10.5 Å². The molecule has 96 valence electrons. The van der Waals surface area contributed by atoms with Crippen molar-refractivity contribution in [2.75, 3.05) is 12.8 Å². The molecule has 0 aliphatic carbocycles. The summed E-state index contributed by atoms with van der Waals surface area (Å²) in [6, 6.07) is 3.90. The molecule has 0 fully saturated rings. The van der Waals surface area contributed by atoms with Crippen LogP contribution in [0, 0.1) is 13.8 Å². The van der Waals surface area contributed by atoms with Crippen LogP contribution >= 0.6 is 15.9 Å². The highest BCUT2D eigenvalue weighted by Gasteiger charge is 2.17. The maximum absolute atomic E-state index is 5.84. The summed E-state index contributed by atoms with van der Waals surface area (Å²) in [6.07, 6.45) is 0. The summed E-state index contributed by atoms with van der Waals surface area (Å²) in [5.41, 5.74) is 9.98. The summed E-state index contributed by atoms with van der Waals surface area (Å²) in [4.78, 5) is 0. The molecule has 0 amide bonds. The third-order valence-electron chi connectivity index (χ3n) is 3.13. The Labute approximate surface area is 115 Å². The first-order chi connectivity index (χ1) is 8.45. The van der Waals surface area contributed by atoms with E-state index in [-0.39, 0.29) is 0 Å². The zero-order valence-electron chi connectivity index (χ0n) is 10.9. The highest BCUT2D eigenvalue weighted by molar-refractivity contribution is 9.10. The van der Waals surface area contributed by atoms with E-state index in [9.17, 15) is 0 Å². The van der Waals surface area contributed by atoms with Crippen LogP contribution in [0.15, 0.2) is 16.6 Å².